The van der Waals surface area contributed by atoms with E-state index in [1.165, 1.54) is 30.3 Å². The molecule has 1 aromatic heterocycles. The highest BCUT2D eigenvalue weighted by Gasteiger charge is 2.26. The standard InChI is InChI=1S/C19H16N4O4S/c1-11-3-8-16-15(9-11)18(19(24)21-16)20-13-4-6-14(7-5-13)28(25,26)23-17-10-12(2)27-22-17/h3-10H,1-2H3,(H,22,23)(H,20,21,24). The molecule has 8 nitrogen and oxygen atoms in total. The number of hydrogen-bond acceptors (Lipinski definition) is 6. The van der Waals surface area contributed by atoms with Gasteiger partial charge in [-0.2, -0.15) is 0 Å². The summed E-state index contributed by atoms with van der Waals surface area (Å²) in [5.41, 5.74) is 3.21. The van der Waals surface area contributed by atoms with Gasteiger partial charge in [0.05, 0.1) is 16.3 Å². The van der Waals surface area contributed by atoms with Crippen molar-refractivity contribution in [1.29, 1.82) is 0 Å². The van der Waals surface area contributed by atoms with Crippen LogP contribution in [0.4, 0.5) is 17.2 Å². The fourth-order valence-electron chi connectivity index (χ4n) is 2.82. The number of amides is 1. The van der Waals surface area contributed by atoms with E-state index in [4.69, 9.17) is 4.52 Å². The molecule has 0 saturated carbocycles. The minimum absolute atomic E-state index is 0.0456. The molecule has 142 valence electrons. The minimum atomic E-state index is -3.81. The molecular formula is C19H16N4O4S. The van der Waals surface area contributed by atoms with Crippen LogP contribution in [0.25, 0.3) is 0 Å². The molecule has 28 heavy (non-hydrogen) atoms. The summed E-state index contributed by atoms with van der Waals surface area (Å²) in [6.45, 7) is 3.60. The fraction of sp³-hybridized carbons (Fsp3) is 0.105. The van der Waals surface area contributed by atoms with Crippen molar-refractivity contribution in [3.05, 3.63) is 65.4 Å². The Kier molecular flexibility index (Phi) is 4.23. The molecule has 0 atom stereocenters. The summed E-state index contributed by atoms with van der Waals surface area (Å²) in [5, 5.41) is 6.39. The van der Waals surface area contributed by atoms with Gasteiger partial charge in [-0.1, -0.05) is 16.8 Å². The first kappa shape index (κ1) is 17.9. The normalized spacial score (nSPS) is 14.8. The first-order chi connectivity index (χ1) is 13.3. The van der Waals surface area contributed by atoms with E-state index in [1.54, 1.807) is 6.92 Å². The van der Waals surface area contributed by atoms with Crippen molar-refractivity contribution >= 4 is 38.8 Å². The van der Waals surface area contributed by atoms with Gasteiger partial charge >= 0.3 is 0 Å². The number of nitrogens with one attached hydrogen (secondary N) is 2. The number of aliphatic imine (C=N–C) groups is 1. The van der Waals surface area contributed by atoms with Crippen molar-refractivity contribution in [3.8, 4) is 0 Å². The van der Waals surface area contributed by atoms with Gasteiger partial charge in [-0.25, -0.2) is 13.4 Å². The largest absolute Gasteiger partial charge is 0.360 e. The van der Waals surface area contributed by atoms with Crippen LogP contribution in [0.2, 0.25) is 0 Å². The Balaban J connectivity index is 1.61. The number of hydrogen-bond donors (Lipinski definition) is 2. The van der Waals surface area contributed by atoms with Gasteiger partial charge in [0.25, 0.3) is 15.9 Å². The van der Waals surface area contributed by atoms with Crippen molar-refractivity contribution in [3.63, 3.8) is 0 Å². The van der Waals surface area contributed by atoms with Gasteiger partial charge in [0.15, 0.2) is 5.82 Å². The molecule has 0 aliphatic carbocycles. The number of carbonyl (C=O) groups is 1. The lowest BCUT2D eigenvalue weighted by molar-refractivity contribution is -0.110. The monoisotopic (exact) mass is 396 g/mol. The van der Waals surface area contributed by atoms with Crippen LogP contribution in [0.5, 0.6) is 0 Å². The maximum Gasteiger partial charge on any atom is 0.275 e. The Bertz CT molecular complexity index is 1210. The summed E-state index contributed by atoms with van der Waals surface area (Å²) < 4.78 is 32.1. The second-order valence-electron chi connectivity index (χ2n) is 6.39. The van der Waals surface area contributed by atoms with E-state index in [1.807, 2.05) is 25.1 Å². The Morgan fingerprint density at radius 2 is 1.82 bits per heavy atom. The maximum absolute atomic E-state index is 12.4. The van der Waals surface area contributed by atoms with E-state index in [9.17, 15) is 13.2 Å². The van der Waals surface area contributed by atoms with Crippen LogP contribution in [0, 0.1) is 13.8 Å². The lowest BCUT2D eigenvalue weighted by Gasteiger charge is -2.05. The van der Waals surface area contributed by atoms with Gasteiger partial charge in [0, 0.05) is 11.6 Å². The Morgan fingerprint density at radius 3 is 2.50 bits per heavy atom. The van der Waals surface area contributed by atoms with Crippen LogP contribution < -0.4 is 10.0 Å². The van der Waals surface area contributed by atoms with Crippen molar-refractivity contribution in [1.82, 2.24) is 5.16 Å². The van der Waals surface area contributed by atoms with Crippen LogP contribution in [0.1, 0.15) is 16.9 Å². The predicted molar refractivity (Wildman–Crippen MR) is 104 cm³/mol. The predicted octanol–water partition coefficient (Wildman–Crippen LogP) is 3.17. The molecule has 3 aromatic rings. The molecule has 0 unspecified atom stereocenters. The topological polar surface area (TPSA) is 114 Å². The zero-order chi connectivity index (χ0) is 19.9. The maximum atomic E-state index is 12.4. The molecule has 0 spiro atoms. The van der Waals surface area contributed by atoms with Crippen molar-refractivity contribution in [2.45, 2.75) is 18.7 Å². The van der Waals surface area contributed by atoms with Crippen LogP contribution in [-0.2, 0) is 14.8 Å². The molecule has 0 fully saturated rings. The number of rotatable bonds is 4. The summed E-state index contributed by atoms with van der Waals surface area (Å²) in [6.07, 6.45) is 0. The highest BCUT2D eigenvalue weighted by atomic mass is 32.2. The Labute approximate surface area is 161 Å². The van der Waals surface area contributed by atoms with Gasteiger partial charge < -0.3 is 9.84 Å². The number of fused-ring (bicyclic) bond motifs is 1. The van der Waals surface area contributed by atoms with Crippen LogP contribution in [0.3, 0.4) is 0 Å². The molecule has 2 N–H and O–H groups in total. The third kappa shape index (κ3) is 3.39. The SMILES string of the molecule is Cc1ccc2c(c1)C(=Nc1ccc(S(=O)(=O)Nc3cc(C)on3)cc1)C(=O)N2. The molecule has 1 amide bonds. The highest BCUT2D eigenvalue weighted by Crippen LogP contribution is 2.27. The Morgan fingerprint density at radius 1 is 1.07 bits per heavy atom. The molecule has 9 heteroatoms. The van der Waals surface area contributed by atoms with Crippen molar-refractivity contribution in [2.75, 3.05) is 10.0 Å². The van der Waals surface area contributed by atoms with E-state index in [0.717, 1.165) is 11.1 Å². The average Bonchev–Trinajstić information content (AvgIpc) is 3.18. The number of nitrogens with zero attached hydrogens (tertiary/aromatic N) is 2. The average molecular weight is 396 g/mol. The highest BCUT2D eigenvalue weighted by molar-refractivity contribution is 7.92. The Hall–Kier alpha value is -3.46. The van der Waals surface area contributed by atoms with Crippen LogP contribution >= 0.6 is 0 Å². The number of carbonyl (C=O) groups excluding carboxylic acids is 1. The van der Waals surface area contributed by atoms with E-state index in [-0.39, 0.29) is 16.6 Å². The zero-order valence-electron chi connectivity index (χ0n) is 15.1. The number of aryl methyl sites for hydroxylation is 2. The zero-order valence-corrected chi connectivity index (χ0v) is 15.9. The quantitative estimate of drug-likeness (QED) is 0.703. The molecular weight excluding hydrogens is 380 g/mol. The molecule has 2 aromatic carbocycles. The van der Waals surface area contributed by atoms with Crippen LogP contribution in [-0.4, -0.2) is 25.2 Å². The van der Waals surface area contributed by atoms with Gasteiger partial charge in [-0.15, -0.1) is 0 Å². The summed E-state index contributed by atoms with van der Waals surface area (Å²) >= 11 is 0. The summed E-state index contributed by atoms with van der Waals surface area (Å²) in [7, 11) is -3.81. The fourth-order valence-corrected chi connectivity index (χ4v) is 3.80. The first-order valence-corrected chi connectivity index (χ1v) is 9.87. The molecule has 4 rings (SSSR count). The van der Waals surface area contributed by atoms with Gasteiger partial charge in [-0.05, 0) is 50.2 Å². The number of aromatic nitrogens is 1. The van der Waals surface area contributed by atoms with E-state index in [0.29, 0.717) is 22.8 Å². The van der Waals surface area contributed by atoms with E-state index < -0.39 is 10.0 Å². The van der Waals surface area contributed by atoms with E-state index in [2.05, 4.69) is 20.2 Å². The third-order valence-corrected chi connectivity index (χ3v) is 5.52. The van der Waals surface area contributed by atoms with Crippen molar-refractivity contribution < 1.29 is 17.7 Å². The molecule has 0 saturated heterocycles. The molecule has 0 bridgehead atoms. The molecule has 1 aliphatic rings. The van der Waals surface area contributed by atoms with Crippen LogP contribution in [0.15, 0.2) is 62.9 Å². The summed E-state index contributed by atoms with van der Waals surface area (Å²) in [6, 6.07) is 13.0. The lowest BCUT2D eigenvalue weighted by Crippen LogP contribution is -2.14. The summed E-state index contributed by atoms with van der Waals surface area (Å²) in [5.74, 6) is 0.311. The third-order valence-electron chi connectivity index (χ3n) is 4.15. The van der Waals surface area contributed by atoms with Gasteiger partial charge in [0.1, 0.15) is 11.5 Å². The minimum Gasteiger partial charge on any atom is -0.360 e. The molecule has 0 radical (unpaired) electrons. The molecule has 1 aliphatic heterocycles. The number of benzene rings is 2. The molecule has 2 heterocycles. The second-order valence-corrected chi connectivity index (χ2v) is 8.07. The van der Waals surface area contributed by atoms with Crippen molar-refractivity contribution in [2.24, 2.45) is 4.99 Å². The first-order valence-electron chi connectivity index (χ1n) is 8.39. The van der Waals surface area contributed by atoms with E-state index >= 15 is 0 Å². The second kappa shape index (κ2) is 6.61. The van der Waals surface area contributed by atoms with Gasteiger partial charge in [-0.3, -0.25) is 9.52 Å². The number of anilines is 2. The smallest absolute Gasteiger partial charge is 0.275 e. The summed E-state index contributed by atoms with van der Waals surface area (Å²) in [4.78, 5) is 16.7. The van der Waals surface area contributed by atoms with Gasteiger partial charge in [0.2, 0.25) is 0 Å². The number of sulfonamides is 1. The lowest BCUT2D eigenvalue weighted by atomic mass is 10.1.